The second kappa shape index (κ2) is 14.2. The lowest BCUT2D eigenvalue weighted by atomic mass is 9.83. The quantitative estimate of drug-likeness (QED) is 0.158. The molecular formula is C50H47N3O. The van der Waals surface area contributed by atoms with Crippen LogP contribution in [0.2, 0.25) is 0 Å². The summed E-state index contributed by atoms with van der Waals surface area (Å²) in [7, 11) is 0. The van der Waals surface area contributed by atoms with Crippen molar-refractivity contribution in [2.24, 2.45) is 0 Å². The van der Waals surface area contributed by atoms with E-state index in [1.165, 1.54) is 65.6 Å². The van der Waals surface area contributed by atoms with Gasteiger partial charge in [-0.2, -0.15) is 0 Å². The van der Waals surface area contributed by atoms with Crippen LogP contribution in [0.5, 0.6) is 0 Å². The Bertz CT molecular complexity index is 2540. The molecule has 6 aromatic carbocycles. The van der Waals surface area contributed by atoms with Crippen molar-refractivity contribution in [2.75, 3.05) is 0 Å². The molecule has 1 aliphatic carbocycles. The standard InChI is InChI=1S/C50H47N3O/c1-32(2)41-28-39(35-18-10-6-11-19-35)29-42(33(3)4)48(41)53-45-23-15-14-22-44(45)51-49(53)40-30-43(37-26-24-36(25-27-37)34-16-8-5-9-17-34)47-46(31-40)54-50(52-47)38-20-12-7-13-21-38/h6-7,10-15,18-34H,5,8-9,16-17H2,1-4H3. The summed E-state index contributed by atoms with van der Waals surface area (Å²) in [6.07, 6.45) is 6.56. The van der Waals surface area contributed by atoms with E-state index in [2.05, 4.69) is 148 Å². The Hall–Kier alpha value is -5.74. The first kappa shape index (κ1) is 34.1. The van der Waals surface area contributed by atoms with E-state index < -0.39 is 0 Å². The summed E-state index contributed by atoms with van der Waals surface area (Å²) in [6, 6.07) is 48.0. The minimum Gasteiger partial charge on any atom is -0.436 e. The second-order valence-electron chi connectivity index (χ2n) is 15.7. The van der Waals surface area contributed by atoms with Crippen LogP contribution in [-0.2, 0) is 0 Å². The van der Waals surface area contributed by atoms with Crippen molar-refractivity contribution in [3.8, 4) is 50.8 Å². The molecule has 9 rings (SSSR count). The van der Waals surface area contributed by atoms with Crippen LogP contribution in [0, 0.1) is 0 Å². The Morgan fingerprint density at radius 3 is 1.87 bits per heavy atom. The van der Waals surface area contributed by atoms with E-state index in [0.29, 0.717) is 11.8 Å². The van der Waals surface area contributed by atoms with Gasteiger partial charge < -0.3 is 4.42 Å². The Kier molecular flexibility index (Phi) is 8.98. The summed E-state index contributed by atoms with van der Waals surface area (Å²) >= 11 is 0. The van der Waals surface area contributed by atoms with Crippen molar-refractivity contribution in [3.05, 3.63) is 150 Å². The van der Waals surface area contributed by atoms with Gasteiger partial charge in [0.25, 0.3) is 0 Å². The van der Waals surface area contributed by atoms with Crippen LogP contribution < -0.4 is 0 Å². The van der Waals surface area contributed by atoms with Crippen molar-refractivity contribution in [1.29, 1.82) is 0 Å². The highest BCUT2D eigenvalue weighted by Crippen LogP contribution is 2.43. The molecule has 0 amide bonds. The number of benzene rings is 6. The predicted molar refractivity (Wildman–Crippen MR) is 224 cm³/mol. The van der Waals surface area contributed by atoms with Crippen LogP contribution in [0.4, 0.5) is 0 Å². The van der Waals surface area contributed by atoms with Gasteiger partial charge in [0.05, 0.1) is 16.7 Å². The number of hydrogen-bond acceptors (Lipinski definition) is 3. The molecule has 0 unspecified atom stereocenters. The van der Waals surface area contributed by atoms with Crippen LogP contribution in [-0.4, -0.2) is 14.5 Å². The van der Waals surface area contributed by atoms with Crippen LogP contribution in [0.15, 0.2) is 138 Å². The molecule has 4 nitrogen and oxygen atoms in total. The number of imidazole rings is 1. The van der Waals surface area contributed by atoms with Gasteiger partial charge >= 0.3 is 0 Å². The number of para-hydroxylation sites is 2. The highest BCUT2D eigenvalue weighted by molar-refractivity contribution is 5.97. The van der Waals surface area contributed by atoms with Gasteiger partial charge in [-0.3, -0.25) is 4.57 Å². The van der Waals surface area contributed by atoms with Gasteiger partial charge in [-0.1, -0.05) is 132 Å². The molecule has 0 atom stereocenters. The third-order valence-corrected chi connectivity index (χ3v) is 11.4. The highest BCUT2D eigenvalue weighted by atomic mass is 16.3. The molecule has 4 heteroatoms. The van der Waals surface area contributed by atoms with Gasteiger partial charge in [-0.05, 0) is 113 Å². The zero-order valence-corrected chi connectivity index (χ0v) is 31.7. The molecule has 2 heterocycles. The van der Waals surface area contributed by atoms with Gasteiger partial charge in [0.1, 0.15) is 11.3 Å². The molecular weight excluding hydrogens is 659 g/mol. The SMILES string of the molecule is CC(C)c1cc(-c2ccccc2)cc(C(C)C)c1-n1c(-c2cc(-c3ccc(C4CCCCC4)cc3)c3nc(-c4ccccc4)oc3c2)nc2ccccc21. The Labute approximate surface area is 318 Å². The molecule has 268 valence electrons. The zero-order valence-electron chi connectivity index (χ0n) is 31.7. The fourth-order valence-electron chi connectivity index (χ4n) is 8.52. The normalized spacial score (nSPS) is 13.8. The summed E-state index contributed by atoms with van der Waals surface area (Å²) in [6.45, 7) is 9.21. The zero-order chi connectivity index (χ0) is 36.8. The van der Waals surface area contributed by atoms with Crippen molar-refractivity contribution >= 4 is 22.1 Å². The van der Waals surface area contributed by atoms with Crippen molar-refractivity contribution in [2.45, 2.75) is 77.6 Å². The Morgan fingerprint density at radius 2 is 1.20 bits per heavy atom. The van der Waals surface area contributed by atoms with Gasteiger partial charge in [-0.25, -0.2) is 9.97 Å². The molecule has 0 bridgehead atoms. The summed E-state index contributed by atoms with van der Waals surface area (Å²) in [5.74, 6) is 2.72. The van der Waals surface area contributed by atoms with Gasteiger partial charge in [0.2, 0.25) is 5.89 Å². The van der Waals surface area contributed by atoms with Crippen molar-refractivity contribution in [1.82, 2.24) is 14.5 Å². The number of aromatic nitrogens is 3. The molecule has 1 fully saturated rings. The van der Waals surface area contributed by atoms with E-state index in [9.17, 15) is 0 Å². The average molecular weight is 706 g/mol. The first-order chi connectivity index (χ1) is 26.4. The van der Waals surface area contributed by atoms with Crippen LogP contribution in [0.3, 0.4) is 0 Å². The highest BCUT2D eigenvalue weighted by Gasteiger charge is 2.25. The van der Waals surface area contributed by atoms with E-state index in [-0.39, 0.29) is 11.8 Å². The fourth-order valence-corrected chi connectivity index (χ4v) is 8.52. The van der Waals surface area contributed by atoms with Gasteiger partial charge in [0.15, 0.2) is 5.58 Å². The molecule has 1 saturated carbocycles. The maximum atomic E-state index is 6.66. The third-order valence-electron chi connectivity index (χ3n) is 11.4. The van der Waals surface area contributed by atoms with E-state index in [1.807, 2.05) is 18.2 Å². The van der Waals surface area contributed by atoms with E-state index in [1.54, 1.807) is 0 Å². The van der Waals surface area contributed by atoms with Gasteiger partial charge in [-0.15, -0.1) is 0 Å². The summed E-state index contributed by atoms with van der Waals surface area (Å²) < 4.78 is 9.07. The molecule has 0 saturated heterocycles. The lowest BCUT2D eigenvalue weighted by Crippen LogP contribution is -2.09. The number of oxazole rings is 1. The van der Waals surface area contributed by atoms with E-state index in [0.717, 1.165) is 50.2 Å². The van der Waals surface area contributed by atoms with Crippen LogP contribution in [0.1, 0.15) is 94.2 Å². The smallest absolute Gasteiger partial charge is 0.227 e. The molecule has 0 N–H and O–H groups in total. The molecule has 0 aliphatic heterocycles. The largest absolute Gasteiger partial charge is 0.436 e. The molecule has 2 aromatic heterocycles. The number of rotatable bonds is 8. The predicted octanol–water partition coefficient (Wildman–Crippen LogP) is 14.1. The average Bonchev–Trinajstić information content (AvgIpc) is 3.83. The molecule has 1 aliphatic rings. The molecule has 8 aromatic rings. The third kappa shape index (κ3) is 6.24. The topological polar surface area (TPSA) is 43.9 Å². The van der Waals surface area contributed by atoms with Gasteiger partial charge in [0, 0.05) is 16.7 Å². The molecule has 54 heavy (non-hydrogen) atoms. The molecule has 0 radical (unpaired) electrons. The Balaban J connectivity index is 1.29. The maximum absolute atomic E-state index is 6.66. The monoisotopic (exact) mass is 705 g/mol. The van der Waals surface area contributed by atoms with Crippen molar-refractivity contribution in [3.63, 3.8) is 0 Å². The molecule has 0 spiro atoms. The maximum Gasteiger partial charge on any atom is 0.227 e. The number of fused-ring (bicyclic) bond motifs is 2. The minimum absolute atomic E-state index is 0.276. The number of hydrogen-bond donors (Lipinski definition) is 0. The fraction of sp³-hybridized carbons (Fsp3) is 0.240. The summed E-state index contributed by atoms with van der Waals surface area (Å²) in [4.78, 5) is 10.6. The second-order valence-corrected chi connectivity index (χ2v) is 15.7. The van der Waals surface area contributed by atoms with Crippen LogP contribution in [0.25, 0.3) is 72.9 Å². The van der Waals surface area contributed by atoms with Crippen molar-refractivity contribution < 1.29 is 4.42 Å². The summed E-state index contributed by atoms with van der Waals surface area (Å²) in [5.41, 5.74) is 15.5. The minimum atomic E-state index is 0.276. The lowest BCUT2D eigenvalue weighted by molar-refractivity contribution is 0.443. The van der Waals surface area contributed by atoms with Crippen LogP contribution >= 0.6 is 0 Å². The first-order valence-electron chi connectivity index (χ1n) is 19.7. The number of nitrogens with zero attached hydrogens (tertiary/aromatic N) is 3. The lowest BCUT2D eigenvalue weighted by Gasteiger charge is -2.24. The Morgan fingerprint density at radius 1 is 0.574 bits per heavy atom. The van der Waals surface area contributed by atoms with E-state index >= 15 is 0 Å². The first-order valence-corrected chi connectivity index (χ1v) is 19.7. The van der Waals surface area contributed by atoms with E-state index in [4.69, 9.17) is 14.4 Å². The summed E-state index contributed by atoms with van der Waals surface area (Å²) in [5, 5.41) is 0.